The monoisotopic (exact) mass is 484 g/mol. The first kappa shape index (κ1) is 25.1. The van der Waals surface area contributed by atoms with Gasteiger partial charge in [-0.1, -0.05) is 74.5 Å². The van der Waals surface area contributed by atoms with E-state index in [0.29, 0.717) is 24.6 Å². The van der Waals surface area contributed by atoms with E-state index in [9.17, 15) is 9.90 Å². The van der Waals surface area contributed by atoms with Crippen LogP contribution in [-0.4, -0.2) is 33.6 Å². The zero-order chi connectivity index (χ0) is 25.3. The molecule has 186 valence electrons. The van der Waals surface area contributed by atoms with Gasteiger partial charge in [-0.3, -0.25) is 14.3 Å². The lowest BCUT2D eigenvalue weighted by atomic mass is 10.2. The average molecular weight is 485 g/mol. The normalized spacial score (nSPS) is 11.5. The van der Waals surface area contributed by atoms with Crippen molar-refractivity contribution < 1.29 is 14.6 Å². The number of para-hydroxylation sites is 2. The fraction of sp³-hybridized carbons (Fsp3) is 0.276. The first-order valence-electron chi connectivity index (χ1n) is 12.4. The number of azo groups is 1. The van der Waals surface area contributed by atoms with E-state index in [1.54, 1.807) is 18.2 Å². The maximum absolute atomic E-state index is 13.0. The Balaban J connectivity index is 1.59. The van der Waals surface area contributed by atoms with Crippen LogP contribution in [0.1, 0.15) is 42.6 Å². The zero-order valence-corrected chi connectivity index (χ0v) is 20.8. The van der Waals surface area contributed by atoms with Gasteiger partial charge in [-0.2, -0.15) is 0 Å². The highest BCUT2D eigenvalue weighted by Gasteiger charge is 2.19. The third kappa shape index (κ3) is 5.80. The summed E-state index contributed by atoms with van der Waals surface area (Å²) in [5, 5.41) is 20.0. The fourth-order valence-corrected chi connectivity index (χ4v) is 4.25. The van der Waals surface area contributed by atoms with Crippen LogP contribution in [0.25, 0.3) is 10.9 Å². The lowest BCUT2D eigenvalue weighted by Gasteiger charge is -2.22. The summed E-state index contributed by atoms with van der Waals surface area (Å²) in [6.45, 7) is 7.01. The van der Waals surface area contributed by atoms with Gasteiger partial charge in [0, 0.05) is 5.39 Å². The molecule has 0 saturated heterocycles. The lowest BCUT2D eigenvalue weighted by molar-refractivity contribution is 0.0990. The van der Waals surface area contributed by atoms with Crippen molar-refractivity contribution in [1.29, 1.82) is 0 Å². The number of benzene rings is 3. The van der Waals surface area contributed by atoms with Gasteiger partial charge in [-0.05, 0) is 49.7 Å². The maximum atomic E-state index is 13.0. The second-order valence-corrected chi connectivity index (χ2v) is 8.65. The molecule has 0 fully saturated rings. The van der Waals surface area contributed by atoms with E-state index in [1.807, 2.05) is 65.2 Å². The molecule has 4 rings (SSSR count). The number of aromatic nitrogens is 1. The highest BCUT2D eigenvalue weighted by Crippen LogP contribution is 2.39. The lowest BCUT2D eigenvalue weighted by Crippen LogP contribution is -2.27. The molecule has 1 N–H and O–H groups in total. The Labute approximate surface area is 211 Å². The van der Waals surface area contributed by atoms with Gasteiger partial charge < -0.3 is 9.84 Å². The van der Waals surface area contributed by atoms with Crippen LogP contribution in [0.15, 0.2) is 89.1 Å². The molecule has 0 saturated carbocycles. The number of fused-ring (bicyclic) bond motifs is 1. The molecular weight excluding hydrogens is 452 g/mol. The molecule has 0 aliphatic heterocycles. The Morgan fingerprint density at radius 2 is 1.58 bits per heavy atom. The summed E-state index contributed by atoms with van der Waals surface area (Å²) in [4.78, 5) is 15.3. The molecule has 0 aliphatic rings. The first-order valence-corrected chi connectivity index (χ1v) is 12.4. The number of amides is 1. The van der Waals surface area contributed by atoms with Gasteiger partial charge in [0.15, 0.2) is 5.69 Å². The van der Waals surface area contributed by atoms with E-state index in [0.717, 1.165) is 42.4 Å². The van der Waals surface area contributed by atoms with Crippen LogP contribution in [0.3, 0.4) is 0 Å². The van der Waals surface area contributed by atoms with Crippen molar-refractivity contribution in [2.75, 3.05) is 13.1 Å². The van der Waals surface area contributed by atoms with Gasteiger partial charge in [0.05, 0.1) is 17.7 Å². The van der Waals surface area contributed by atoms with E-state index >= 15 is 0 Å². The van der Waals surface area contributed by atoms with Crippen molar-refractivity contribution in [2.24, 2.45) is 10.2 Å². The summed E-state index contributed by atoms with van der Waals surface area (Å²) in [5.74, 6) is -0.0984. The van der Waals surface area contributed by atoms with Gasteiger partial charge in [-0.15, -0.1) is 10.2 Å². The van der Waals surface area contributed by atoms with Crippen LogP contribution in [0.4, 0.5) is 5.69 Å². The third-order valence-corrected chi connectivity index (χ3v) is 5.93. The van der Waals surface area contributed by atoms with Crippen molar-refractivity contribution in [1.82, 2.24) is 9.47 Å². The molecule has 0 radical (unpaired) electrons. The number of carbonyl (C=O) groups excluding carboxylic acids is 1. The standard InChI is InChI=1S/C29H32N4O3/c1-3-18-32(19-4-2)21-33-25-16-10-8-14-23(25)27(29(33)35)30-31-28(34)24-15-9-11-17-26(24)36-20-22-12-6-5-7-13-22/h5-17,35H,3-4,18-21H2,1-2H3. The second-order valence-electron chi connectivity index (χ2n) is 8.65. The molecule has 1 amide bonds. The van der Waals surface area contributed by atoms with Crippen LogP contribution >= 0.6 is 0 Å². The number of rotatable bonds is 11. The topological polar surface area (TPSA) is 79.4 Å². The molecular formula is C29H32N4O3. The van der Waals surface area contributed by atoms with E-state index in [2.05, 4.69) is 29.0 Å². The molecule has 1 heterocycles. The summed E-state index contributed by atoms with van der Waals surface area (Å²) in [6, 6.07) is 24.4. The predicted octanol–water partition coefficient (Wildman–Crippen LogP) is 6.93. The fourth-order valence-electron chi connectivity index (χ4n) is 4.25. The average Bonchev–Trinajstić information content (AvgIpc) is 3.17. The van der Waals surface area contributed by atoms with Gasteiger partial charge in [-0.25, -0.2) is 0 Å². The van der Waals surface area contributed by atoms with Crippen LogP contribution in [0.5, 0.6) is 11.6 Å². The summed E-state index contributed by atoms with van der Waals surface area (Å²) in [7, 11) is 0. The Morgan fingerprint density at radius 3 is 2.33 bits per heavy atom. The number of nitrogens with zero attached hydrogens (tertiary/aromatic N) is 4. The largest absolute Gasteiger partial charge is 0.493 e. The van der Waals surface area contributed by atoms with Gasteiger partial charge in [0.2, 0.25) is 5.88 Å². The van der Waals surface area contributed by atoms with Crippen LogP contribution in [0.2, 0.25) is 0 Å². The van der Waals surface area contributed by atoms with Crippen molar-refractivity contribution in [3.8, 4) is 11.6 Å². The number of hydrogen-bond donors (Lipinski definition) is 1. The van der Waals surface area contributed by atoms with E-state index in [1.165, 1.54) is 0 Å². The van der Waals surface area contributed by atoms with Crippen LogP contribution < -0.4 is 4.74 Å². The predicted molar refractivity (Wildman–Crippen MR) is 142 cm³/mol. The van der Waals surface area contributed by atoms with E-state index in [-0.39, 0.29) is 11.6 Å². The molecule has 0 unspecified atom stereocenters. The Bertz CT molecular complexity index is 1330. The first-order chi connectivity index (χ1) is 17.6. The van der Waals surface area contributed by atoms with Gasteiger partial charge >= 0.3 is 0 Å². The molecule has 0 spiro atoms. The van der Waals surface area contributed by atoms with Crippen LogP contribution in [-0.2, 0) is 13.3 Å². The minimum Gasteiger partial charge on any atom is -0.493 e. The number of ether oxygens (including phenoxy) is 1. The molecule has 4 aromatic rings. The summed E-state index contributed by atoms with van der Waals surface area (Å²) >= 11 is 0. The SMILES string of the molecule is CCCN(CCC)Cn1c(O)c(N=NC(=O)c2ccccc2OCc2ccccc2)c2ccccc21. The minimum atomic E-state index is -0.534. The van der Waals surface area contributed by atoms with Crippen molar-refractivity contribution in [3.05, 3.63) is 90.0 Å². The molecule has 1 aromatic heterocycles. The van der Waals surface area contributed by atoms with Gasteiger partial charge in [0.1, 0.15) is 12.4 Å². The highest BCUT2D eigenvalue weighted by molar-refractivity contribution is 5.98. The van der Waals surface area contributed by atoms with Crippen molar-refractivity contribution in [3.63, 3.8) is 0 Å². The molecule has 7 nitrogen and oxygen atoms in total. The maximum Gasteiger partial charge on any atom is 0.299 e. The minimum absolute atomic E-state index is 0.00133. The second kappa shape index (κ2) is 12.1. The van der Waals surface area contributed by atoms with Crippen molar-refractivity contribution in [2.45, 2.75) is 40.0 Å². The van der Waals surface area contributed by atoms with E-state index < -0.39 is 5.91 Å². The molecule has 0 atom stereocenters. The zero-order valence-electron chi connectivity index (χ0n) is 20.8. The molecule has 36 heavy (non-hydrogen) atoms. The Kier molecular flexibility index (Phi) is 8.47. The summed E-state index contributed by atoms with van der Waals surface area (Å²) in [6.07, 6.45) is 2.04. The summed E-state index contributed by atoms with van der Waals surface area (Å²) in [5.41, 5.74) is 2.45. The number of hydrogen-bond acceptors (Lipinski definition) is 5. The molecule has 0 aliphatic carbocycles. The van der Waals surface area contributed by atoms with Crippen molar-refractivity contribution >= 4 is 22.5 Å². The number of carbonyl (C=O) groups is 1. The third-order valence-electron chi connectivity index (χ3n) is 5.93. The molecule has 3 aromatic carbocycles. The molecule has 0 bridgehead atoms. The number of aromatic hydroxyl groups is 1. The quantitative estimate of drug-likeness (QED) is 0.234. The smallest absolute Gasteiger partial charge is 0.299 e. The Morgan fingerprint density at radius 1 is 0.917 bits per heavy atom. The van der Waals surface area contributed by atoms with Crippen LogP contribution in [0, 0.1) is 0 Å². The summed E-state index contributed by atoms with van der Waals surface area (Å²) < 4.78 is 7.73. The van der Waals surface area contributed by atoms with Gasteiger partial charge in [0.25, 0.3) is 5.91 Å². The van der Waals surface area contributed by atoms with E-state index in [4.69, 9.17) is 4.74 Å². The Hall–Kier alpha value is -3.97. The molecule has 7 heteroatoms. The highest BCUT2D eigenvalue weighted by atomic mass is 16.5.